The van der Waals surface area contributed by atoms with Crippen LogP contribution in [-0.2, 0) is 0 Å². The van der Waals surface area contributed by atoms with E-state index in [1.54, 1.807) is 4.52 Å². The molecule has 0 aliphatic heterocycles. The molecule has 6 heteroatoms. The molecule has 0 unspecified atom stereocenters. The van der Waals surface area contributed by atoms with Crippen molar-refractivity contribution >= 4 is 27.3 Å². The Morgan fingerprint density at radius 3 is 2.65 bits per heavy atom. The van der Waals surface area contributed by atoms with Crippen LogP contribution in [0.3, 0.4) is 0 Å². The van der Waals surface area contributed by atoms with Crippen LogP contribution in [0, 0.1) is 20.8 Å². The van der Waals surface area contributed by atoms with E-state index in [-0.39, 0.29) is 0 Å². The molecular formula is C20H16N4OS. The quantitative estimate of drug-likeness (QED) is 0.435. The summed E-state index contributed by atoms with van der Waals surface area (Å²) < 4.78 is 7.83. The summed E-state index contributed by atoms with van der Waals surface area (Å²) in [5, 5.41) is 15.4. The summed E-state index contributed by atoms with van der Waals surface area (Å²) in [6.07, 6.45) is 0. The van der Waals surface area contributed by atoms with Crippen molar-refractivity contribution in [1.82, 2.24) is 19.8 Å². The number of para-hydroxylation sites is 1. The van der Waals surface area contributed by atoms with Gasteiger partial charge in [0.25, 0.3) is 0 Å². The SMILES string of the molecule is Cc1ccc(-c2nn3c(-c4oc5ccccc5c4C)nnc3s2)c(C)c1. The zero-order valence-electron chi connectivity index (χ0n) is 14.6. The van der Waals surface area contributed by atoms with Gasteiger partial charge in [0.2, 0.25) is 10.8 Å². The number of nitrogens with zero attached hydrogens (tertiary/aromatic N) is 4. The lowest BCUT2D eigenvalue weighted by Crippen LogP contribution is -1.92. The van der Waals surface area contributed by atoms with Crippen molar-refractivity contribution in [3.8, 4) is 22.2 Å². The number of furan rings is 1. The van der Waals surface area contributed by atoms with E-state index in [1.807, 2.05) is 25.1 Å². The molecule has 0 aliphatic rings. The Hall–Kier alpha value is -2.99. The Bertz CT molecular complexity index is 1280. The maximum atomic E-state index is 6.05. The van der Waals surface area contributed by atoms with Crippen LogP contribution in [0.4, 0.5) is 0 Å². The number of aromatic nitrogens is 4. The lowest BCUT2D eigenvalue weighted by atomic mass is 10.1. The average Bonchev–Trinajstić information content (AvgIpc) is 3.28. The maximum Gasteiger partial charge on any atom is 0.235 e. The Morgan fingerprint density at radius 2 is 1.85 bits per heavy atom. The smallest absolute Gasteiger partial charge is 0.235 e. The molecule has 3 aromatic heterocycles. The fourth-order valence-corrected chi connectivity index (χ4v) is 4.24. The highest BCUT2D eigenvalue weighted by molar-refractivity contribution is 7.19. The lowest BCUT2D eigenvalue weighted by Gasteiger charge is -2.02. The topological polar surface area (TPSA) is 56.2 Å². The van der Waals surface area contributed by atoms with E-state index in [0.717, 1.165) is 37.8 Å². The second-order valence-electron chi connectivity index (χ2n) is 6.50. The number of hydrogen-bond acceptors (Lipinski definition) is 5. The van der Waals surface area contributed by atoms with Gasteiger partial charge in [0.15, 0.2) is 5.76 Å². The van der Waals surface area contributed by atoms with Crippen LogP contribution in [0.1, 0.15) is 16.7 Å². The largest absolute Gasteiger partial charge is 0.452 e. The molecule has 2 aromatic carbocycles. The number of hydrogen-bond donors (Lipinski definition) is 0. The van der Waals surface area contributed by atoms with E-state index in [9.17, 15) is 0 Å². The van der Waals surface area contributed by atoms with E-state index in [1.165, 1.54) is 22.5 Å². The van der Waals surface area contributed by atoms with Gasteiger partial charge in [-0.15, -0.1) is 10.2 Å². The van der Waals surface area contributed by atoms with Crippen LogP contribution < -0.4 is 0 Å². The number of benzene rings is 2. The molecular weight excluding hydrogens is 344 g/mol. The predicted octanol–water partition coefficient (Wildman–Crippen LogP) is 5.19. The molecule has 0 fully saturated rings. The Kier molecular flexibility index (Phi) is 3.24. The molecule has 0 atom stereocenters. The standard InChI is InChI=1S/C20H16N4OS/c1-11-8-9-14(12(2)10-11)19-23-24-18(21-22-20(24)26-19)17-13(3)15-6-4-5-7-16(15)25-17/h4-10H,1-3H3. The highest BCUT2D eigenvalue weighted by atomic mass is 32.1. The van der Waals surface area contributed by atoms with Gasteiger partial charge in [-0.25, -0.2) is 0 Å². The van der Waals surface area contributed by atoms with Crippen molar-refractivity contribution in [3.63, 3.8) is 0 Å². The third kappa shape index (κ3) is 2.19. The Morgan fingerprint density at radius 1 is 1.00 bits per heavy atom. The molecule has 0 radical (unpaired) electrons. The van der Waals surface area contributed by atoms with E-state index in [2.05, 4.69) is 48.3 Å². The molecule has 3 heterocycles. The fourth-order valence-electron chi connectivity index (χ4n) is 3.31. The number of rotatable bonds is 2. The summed E-state index contributed by atoms with van der Waals surface area (Å²) in [5.41, 5.74) is 5.47. The molecule has 0 N–H and O–H groups in total. The molecule has 26 heavy (non-hydrogen) atoms. The highest BCUT2D eigenvalue weighted by Crippen LogP contribution is 2.34. The van der Waals surface area contributed by atoms with Crippen molar-refractivity contribution < 1.29 is 4.42 Å². The van der Waals surface area contributed by atoms with Gasteiger partial charge in [-0.2, -0.15) is 9.61 Å². The fraction of sp³-hybridized carbons (Fsp3) is 0.150. The maximum absolute atomic E-state index is 6.05. The zero-order valence-corrected chi connectivity index (χ0v) is 15.5. The first-order valence-corrected chi connectivity index (χ1v) is 9.22. The van der Waals surface area contributed by atoms with Crippen LogP contribution in [0.2, 0.25) is 0 Å². The zero-order chi connectivity index (χ0) is 17.8. The summed E-state index contributed by atoms with van der Waals surface area (Å²) in [4.78, 5) is 0.759. The highest BCUT2D eigenvalue weighted by Gasteiger charge is 2.21. The lowest BCUT2D eigenvalue weighted by molar-refractivity contribution is 0.619. The van der Waals surface area contributed by atoms with Crippen molar-refractivity contribution in [2.75, 3.05) is 0 Å². The van der Waals surface area contributed by atoms with Crippen LogP contribution in [0.5, 0.6) is 0 Å². The van der Waals surface area contributed by atoms with E-state index < -0.39 is 0 Å². The molecule has 5 nitrogen and oxygen atoms in total. The second kappa shape index (κ2) is 5.51. The van der Waals surface area contributed by atoms with Crippen molar-refractivity contribution in [1.29, 1.82) is 0 Å². The van der Waals surface area contributed by atoms with E-state index in [4.69, 9.17) is 9.52 Å². The number of aryl methyl sites for hydroxylation is 3. The minimum atomic E-state index is 0.640. The summed E-state index contributed by atoms with van der Waals surface area (Å²) in [5.74, 6) is 1.36. The minimum absolute atomic E-state index is 0.640. The van der Waals surface area contributed by atoms with Gasteiger partial charge in [0, 0.05) is 16.5 Å². The molecule has 5 aromatic rings. The minimum Gasteiger partial charge on any atom is -0.452 e. The summed E-state index contributed by atoms with van der Waals surface area (Å²) >= 11 is 1.54. The molecule has 0 saturated carbocycles. The number of fused-ring (bicyclic) bond motifs is 2. The molecule has 128 valence electrons. The summed E-state index contributed by atoms with van der Waals surface area (Å²) in [6.45, 7) is 6.24. The van der Waals surface area contributed by atoms with Gasteiger partial charge in [0.05, 0.1) is 0 Å². The molecule has 0 spiro atoms. The van der Waals surface area contributed by atoms with Gasteiger partial charge >= 0.3 is 0 Å². The van der Waals surface area contributed by atoms with E-state index in [0.29, 0.717) is 5.82 Å². The van der Waals surface area contributed by atoms with Gasteiger partial charge in [0.1, 0.15) is 10.6 Å². The van der Waals surface area contributed by atoms with Gasteiger partial charge in [-0.1, -0.05) is 53.3 Å². The van der Waals surface area contributed by atoms with Crippen LogP contribution in [0.15, 0.2) is 46.9 Å². The third-order valence-electron chi connectivity index (χ3n) is 4.65. The summed E-state index contributed by atoms with van der Waals surface area (Å²) in [7, 11) is 0. The average molecular weight is 360 g/mol. The van der Waals surface area contributed by atoms with Crippen LogP contribution in [0.25, 0.3) is 38.1 Å². The van der Waals surface area contributed by atoms with E-state index >= 15 is 0 Å². The molecule has 0 aliphatic carbocycles. The predicted molar refractivity (Wildman–Crippen MR) is 104 cm³/mol. The van der Waals surface area contributed by atoms with Crippen LogP contribution >= 0.6 is 11.3 Å². The first-order valence-electron chi connectivity index (χ1n) is 8.40. The molecule has 0 saturated heterocycles. The second-order valence-corrected chi connectivity index (χ2v) is 7.45. The van der Waals surface area contributed by atoms with Crippen molar-refractivity contribution in [3.05, 3.63) is 59.2 Å². The summed E-state index contributed by atoms with van der Waals surface area (Å²) in [6, 6.07) is 14.4. The monoisotopic (exact) mass is 360 g/mol. The molecule has 5 rings (SSSR count). The molecule has 0 amide bonds. The molecule has 0 bridgehead atoms. The van der Waals surface area contributed by atoms with Gasteiger partial charge in [-0.3, -0.25) is 0 Å². The third-order valence-corrected chi connectivity index (χ3v) is 5.58. The van der Waals surface area contributed by atoms with Crippen molar-refractivity contribution in [2.24, 2.45) is 0 Å². The first-order chi connectivity index (χ1) is 12.6. The van der Waals surface area contributed by atoms with Gasteiger partial charge in [-0.05, 0) is 32.4 Å². The van der Waals surface area contributed by atoms with Crippen molar-refractivity contribution in [2.45, 2.75) is 20.8 Å². The Labute approximate surface area is 153 Å². The van der Waals surface area contributed by atoms with Crippen LogP contribution in [-0.4, -0.2) is 19.8 Å². The Balaban J connectivity index is 1.70. The normalized spacial score (nSPS) is 11.7. The first kappa shape index (κ1) is 15.3. The van der Waals surface area contributed by atoms with Gasteiger partial charge < -0.3 is 4.42 Å².